The average Bonchev–Trinajstić information content (AvgIpc) is 2.51. The first kappa shape index (κ1) is 20.8. The van der Waals surface area contributed by atoms with Crippen LogP contribution in [0.1, 0.15) is 43.0 Å². The number of benzene rings is 2. The maximum atomic E-state index is 12.6. The highest BCUT2D eigenvalue weighted by Gasteiger charge is 2.29. The summed E-state index contributed by atoms with van der Waals surface area (Å²) in [5.41, 5.74) is 14.6. The van der Waals surface area contributed by atoms with Gasteiger partial charge in [-0.3, -0.25) is 0 Å². The van der Waals surface area contributed by atoms with Crippen molar-refractivity contribution in [3.05, 3.63) is 58.7 Å². The number of anilines is 1. The number of nitrogens with two attached hydrogens (primary N) is 2. The second-order valence-corrected chi connectivity index (χ2v) is 9.10. The summed E-state index contributed by atoms with van der Waals surface area (Å²) in [6.07, 6.45) is -0.266. The molecule has 146 valence electrons. The molecule has 0 bridgehead atoms. The normalized spacial score (nSPS) is 12.0. The summed E-state index contributed by atoms with van der Waals surface area (Å²) in [4.78, 5) is 11.0. The quantitative estimate of drug-likeness (QED) is 0.600. The lowest BCUT2D eigenvalue weighted by molar-refractivity contribution is 0.212. The molecule has 0 aliphatic rings. The predicted octanol–water partition coefficient (Wildman–Crippen LogP) is 3.44. The summed E-state index contributed by atoms with van der Waals surface area (Å²) < 4.78 is 29.6. The number of nitrogen functional groups attached to an aromatic ring is 1. The van der Waals surface area contributed by atoms with Gasteiger partial charge in [0, 0.05) is 5.69 Å². The lowest BCUT2D eigenvalue weighted by Gasteiger charge is -2.27. The molecule has 0 spiro atoms. The molecule has 0 fully saturated rings. The van der Waals surface area contributed by atoms with Gasteiger partial charge in [0.1, 0.15) is 4.90 Å². The van der Waals surface area contributed by atoms with Crippen LogP contribution in [0.4, 0.5) is 10.5 Å². The molecule has 0 aliphatic carbocycles. The van der Waals surface area contributed by atoms with Crippen LogP contribution in [0.5, 0.6) is 0 Å². The maximum Gasteiger partial charge on any atom is 0.420 e. The minimum absolute atomic E-state index is 0.0210. The number of carbonyl (C=O) groups excluding carboxylic acids is 1. The number of rotatable bonds is 5. The van der Waals surface area contributed by atoms with Crippen LogP contribution >= 0.6 is 0 Å². The Kier molecular flexibility index (Phi) is 5.85. The third kappa shape index (κ3) is 5.01. The van der Waals surface area contributed by atoms with Gasteiger partial charge in [-0.05, 0) is 65.6 Å². The molecular weight excluding hydrogens is 364 g/mol. The van der Waals surface area contributed by atoms with E-state index in [2.05, 4.69) is 4.18 Å². The molecule has 0 aromatic heterocycles. The molecule has 0 atom stereocenters. The molecule has 7 heteroatoms. The lowest BCUT2D eigenvalue weighted by atomic mass is 9.79. The van der Waals surface area contributed by atoms with Gasteiger partial charge >= 0.3 is 16.2 Å². The fourth-order valence-electron chi connectivity index (χ4n) is 3.38. The van der Waals surface area contributed by atoms with E-state index >= 15 is 0 Å². The Morgan fingerprint density at radius 2 is 1.63 bits per heavy atom. The average molecular weight is 391 g/mol. The third-order valence-electron chi connectivity index (χ3n) is 4.33. The molecule has 27 heavy (non-hydrogen) atoms. The van der Waals surface area contributed by atoms with Crippen LogP contribution in [-0.2, 0) is 32.6 Å². The summed E-state index contributed by atoms with van der Waals surface area (Å²) in [5.74, 6) is 0. The molecule has 2 aromatic carbocycles. The van der Waals surface area contributed by atoms with E-state index in [1.165, 1.54) is 6.07 Å². The summed E-state index contributed by atoms with van der Waals surface area (Å²) in [6, 6.07) is 10.6. The monoisotopic (exact) mass is 390 g/mol. The van der Waals surface area contributed by atoms with Gasteiger partial charge in [0.15, 0.2) is 0 Å². The predicted molar refractivity (Wildman–Crippen MR) is 106 cm³/mol. The second kappa shape index (κ2) is 7.60. The standard InChI is InChI=1S/C20H26N2O4S/c1-13-5-12-17(27(24,25)26-19(22)23)16(18(13)20(2,3)4)11-8-14-6-9-15(21)10-7-14/h5-7,9-10,12H,8,11,21H2,1-4H3,(H2,22,23). The van der Waals surface area contributed by atoms with Crippen LogP contribution in [0.2, 0.25) is 0 Å². The Morgan fingerprint density at radius 1 is 1.04 bits per heavy atom. The largest absolute Gasteiger partial charge is 0.420 e. The number of carbonyl (C=O) groups is 1. The van der Waals surface area contributed by atoms with Gasteiger partial charge in [-0.15, -0.1) is 0 Å². The molecule has 0 radical (unpaired) electrons. The SMILES string of the molecule is Cc1ccc(S(=O)(=O)OC(N)=O)c(CCc2ccc(N)cc2)c1C(C)(C)C. The summed E-state index contributed by atoms with van der Waals surface area (Å²) in [6.45, 7) is 8.01. The zero-order chi connectivity index (χ0) is 20.4. The van der Waals surface area contributed by atoms with Gasteiger partial charge in [-0.2, -0.15) is 8.42 Å². The molecule has 0 unspecified atom stereocenters. The Labute approximate surface area is 160 Å². The highest BCUT2D eigenvalue weighted by Crippen LogP contribution is 2.34. The molecule has 6 nitrogen and oxygen atoms in total. The summed E-state index contributed by atoms with van der Waals surface area (Å²) >= 11 is 0. The Morgan fingerprint density at radius 3 is 2.15 bits per heavy atom. The number of hydrogen-bond acceptors (Lipinski definition) is 5. The zero-order valence-corrected chi connectivity index (χ0v) is 16.9. The molecule has 0 heterocycles. The van der Waals surface area contributed by atoms with Crippen molar-refractivity contribution in [2.75, 3.05) is 5.73 Å². The van der Waals surface area contributed by atoms with Crippen LogP contribution in [0.15, 0.2) is 41.3 Å². The lowest BCUT2D eigenvalue weighted by Crippen LogP contribution is -2.23. The minimum Gasteiger partial charge on any atom is -0.399 e. The van der Waals surface area contributed by atoms with Gasteiger partial charge in [-0.25, -0.2) is 4.79 Å². The molecule has 0 aliphatic heterocycles. The van der Waals surface area contributed by atoms with Crippen molar-refractivity contribution in [2.24, 2.45) is 5.73 Å². The fourth-order valence-corrected chi connectivity index (χ4v) is 4.43. The van der Waals surface area contributed by atoms with Crippen molar-refractivity contribution >= 4 is 21.9 Å². The van der Waals surface area contributed by atoms with Crippen molar-refractivity contribution in [3.8, 4) is 0 Å². The maximum absolute atomic E-state index is 12.6. The van der Waals surface area contributed by atoms with Gasteiger partial charge in [0.25, 0.3) is 0 Å². The molecule has 2 rings (SSSR count). The van der Waals surface area contributed by atoms with E-state index in [1.807, 2.05) is 52.0 Å². The second-order valence-electron chi connectivity index (χ2n) is 7.58. The molecule has 0 saturated heterocycles. The van der Waals surface area contributed by atoms with Crippen molar-refractivity contribution in [3.63, 3.8) is 0 Å². The van der Waals surface area contributed by atoms with Crippen LogP contribution in [0, 0.1) is 6.92 Å². The molecule has 1 amide bonds. The van der Waals surface area contributed by atoms with Gasteiger partial charge in [0.05, 0.1) is 0 Å². The van der Waals surface area contributed by atoms with E-state index in [0.29, 0.717) is 24.1 Å². The Bertz CT molecular complexity index is 943. The van der Waals surface area contributed by atoms with Crippen molar-refractivity contribution in [1.82, 2.24) is 0 Å². The summed E-state index contributed by atoms with van der Waals surface area (Å²) in [7, 11) is -4.30. The highest BCUT2D eigenvalue weighted by atomic mass is 32.2. The summed E-state index contributed by atoms with van der Waals surface area (Å²) in [5, 5.41) is 0. The van der Waals surface area contributed by atoms with E-state index in [4.69, 9.17) is 11.5 Å². The molecule has 0 saturated carbocycles. The van der Waals surface area contributed by atoms with Gasteiger partial charge < -0.3 is 15.7 Å². The van der Waals surface area contributed by atoms with E-state index < -0.39 is 16.2 Å². The highest BCUT2D eigenvalue weighted by molar-refractivity contribution is 7.87. The van der Waals surface area contributed by atoms with Crippen molar-refractivity contribution < 1.29 is 17.4 Å². The number of primary amides is 1. The van der Waals surface area contributed by atoms with Crippen LogP contribution in [0.3, 0.4) is 0 Å². The Hall–Kier alpha value is -2.54. The smallest absolute Gasteiger partial charge is 0.399 e. The van der Waals surface area contributed by atoms with Crippen LogP contribution in [0.25, 0.3) is 0 Å². The van der Waals surface area contributed by atoms with Gasteiger partial charge in [-0.1, -0.05) is 39.0 Å². The minimum atomic E-state index is -4.30. The first-order valence-corrected chi connectivity index (χ1v) is 10.0. The Balaban J connectivity index is 2.57. The number of amides is 1. The van der Waals surface area contributed by atoms with Crippen LogP contribution < -0.4 is 11.5 Å². The zero-order valence-electron chi connectivity index (χ0n) is 16.1. The topological polar surface area (TPSA) is 112 Å². The number of hydrogen-bond donors (Lipinski definition) is 2. The molecule has 2 aromatic rings. The number of aryl methyl sites for hydroxylation is 2. The van der Waals surface area contributed by atoms with E-state index in [0.717, 1.165) is 16.7 Å². The first-order valence-electron chi connectivity index (χ1n) is 8.63. The molecule has 4 N–H and O–H groups in total. The third-order valence-corrected chi connectivity index (χ3v) is 5.64. The van der Waals surface area contributed by atoms with Crippen LogP contribution in [-0.4, -0.2) is 14.5 Å². The molecular formula is C20H26N2O4S. The van der Waals surface area contributed by atoms with Crippen molar-refractivity contribution in [1.29, 1.82) is 0 Å². The van der Waals surface area contributed by atoms with E-state index in [-0.39, 0.29) is 10.3 Å². The van der Waals surface area contributed by atoms with E-state index in [1.54, 1.807) is 6.07 Å². The van der Waals surface area contributed by atoms with Gasteiger partial charge in [0.2, 0.25) is 0 Å². The van der Waals surface area contributed by atoms with E-state index in [9.17, 15) is 13.2 Å². The fraction of sp³-hybridized carbons (Fsp3) is 0.350. The van der Waals surface area contributed by atoms with Crippen molar-refractivity contribution in [2.45, 2.75) is 50.8 Å². The first-order chi connectivity index (χ1) is 12.4.